The van der Waals surface area contributed by atoms with Crippen molar-refractivity contribution in [2.75, 3.05) is 0 Å². The zero-order valence-electron chi connectivity index (χ0n) is 5.69. The molecule has 5 heteroatoms. The molecule has 0 amide bonds. The third kappa shape index (κ3) is 2.33. The van der Waals surface area contributed by atoms with Gasteiger partial charge in [0.1, 0.15) is 0 Å². The molecule has 60 valence electrons. The van der Waals surface area contributed by atoms with Crippen molar-refractivity contribution >= 4 is 31.2 Å². The summed E-state index contributed by atoms with van der Waals surface area (Å²) in [5.74, 6) is 0. The van der Waals surface area contributed by atoms with Gasteiger partial charge in [-0.1, -0.05) is 0 Å². The Balaban J connectivity index is 3.20. The van der Waals surface area contributed by atoms with Crippen LogP contribution in [0.15, 0.2) is 29.2 Å². The van der Waals surface area contributed by atoms with E-state index in [0.717, 1.165) is 4.35 Å². The second-order valence-electron chi connectivity index (χ2n) is 2.11. The van der Waals surface area contributed by atoms with Gasteiger partial charge in [-0.25, -0.2) is 0 Å². The standard InChI is InChI=1S/C6H8AsNO2S/c7-5-1-3-6(4-2-5)11(8,9)10/h1-4H,7H2,(H2,8,9,10). The van der Waals surface area contributed by atoms with Crippen molar-refractivity contribution in [3.63, 3.8) is 0 Å². The van der Waals surface area contributed by atoms with E-state index >= 15 is 0 Å². The Morgan fingerprint density at radius 2 is 1.64 bits per heavy atom. The predicted molar refractivity (Wildman–Crippen MR) is 46.0 cm³/mol. The van der Waals surface area contributed by atoms with Crippen LogP contribution < -0.4 is 9.49 Å². The monoisotopic (exact) mass is 233 g/mol. The minimum absolute atomic E-state index is 0.166. The van der Waals surface area contributed by atoms with Gasteiger partial charge < -0.3 is 0 Å². The van der Waals surface area contributed by atoms with Gasteiger partial charge in [0.05, 0.1) is 0 Å². The van der Waals surface area contributed by atoms with Crippen LogP contribution in [0.1, 0.15) is 0 Å². The molecule has 1 unspecified atom stereocenters. The van der Waals surface area contributed by atoms with Gasteiger partial charge in [-0.15, -0.1) is 0 Å². The summed E-state index contributed by atoms with van der Waals surface area (Å²) in [6.07, 6.45) is 0. The molecule has 0 aliphatic carbocycles. The van der Waals surface area contributed by atoms with E-state index in [2.05, 4.69) is 0 Å². The summed E-state index contributed by atoms with van der Waals surface area (Å²) in [5.41, 5.74) is 0. The summed E-state index contributed by atoms with van der Waals surface area (Å²) in [4.78, 5) is 0.166. The fourth-order valence-electron chi connectivity index (χ4n) is 0.658. The van der Waals surface area contributed by atoms with E-state index in [1.165, 1.54) is 29.0 Å². The quantitative estimate of drug-likeness (QED) is 0.606. The number of primary sulfonamides is 1. The molecule has 0 aromatic heterocycles. The maximum atomic E-state index is 10.7. The molecule has 0 saturated heterocycles. The van der Waals surface area contributed by atoms with Crippen LogP contribution in [-0.2, 0) is 10.0 Å². The van der Waals surface area contributed by atoms with Crippen molar-refractivity contribution in [1.29, 1.82) is 0 Å². The number of benzene rings is 1. The SMILES string of the molecule is NS(=O)(=O)c1ccc([AsH2])cc1. The first-order chi connectivity index (χ1) is 5.00. The normalized spacial score (nSPS) is 11.5. The van der Waals surface area contributed by atoms with E-state index in [1.54, 1.807) is 12.1 Å². The van der Waals surface area contributed by atoms with Crippen molar-refractivity contribution < 1.29 is 8.42 Å². The molecule has 1 aromatic rings. The molecule has 0 saturated carbocycles. The van der Waals surface area contributed by atoms with Gasteiger partial charge in [-0.05, 0) is 0 Å². The summed E-state index contributed by atoms with van der Waals surface area (Å²) in [7, 11) is -3.51. The molecular weight excluding hydrogens is 225 g/mol. The third-order valence-corrected chi connectivity index (χ3v) is 2.95. The Morgan fingerprint density at radius 3 is 2.00 bits per heavy atom. The Hall–Kier alpha value is -0.312. The number of hydrogen-bond acceptors (Lipinski definition) is 2. The number of hydrogen-bond donors (Lipinski definition) is 1. The van der Waals surface area contributed by atoms with E-state index in [-0.39, 0.29) is 4.90 Å². The second-order valence-corrected chi connectivity index (χ2v) is 5.07. The van der Waals surface area contributed by atoms with Crippen LogP contribution >= 0.6 is 0 Å². The average molecular weight is 233 g/mol. The fraction of sp³-hybridized carbons (Fsp3) is 0. The minimum atomic E-state index is -3.51. The van der Waals surface area contributed by atoms with Crippen LogP contribution in [0.4, 0.5) is 0 Å². The topological polar surface area (TPSA) is 60.2 Å². The molecule has 2 N–H and O–H groups in total. The Morgan fingerprint density at radius 1 is 1.18 bits per heavy atom. The average Bonchev–Trinajstić information content (AvgIpc) is 1.86. The van der Waals surface area contributed by atoms with Crippen molar-refractivity contribution in [2.24, 2.45) is 5.14 Å². The number of sulfonamides is 1. The van der Waals surface area contributed by atoms with E-state index in [0.29, 0.717) is 0 Å². The van der Waals surface area contributed by atoms with Gasteiger partial charge in [0.15, 0.2) is 0 Å². The first-order valence-electron chi connectivity index (χ1n) is 2.88. The molecule has 0 aliphatic heterocycles. The molecule has 1 atom stereocenters. The summed E-state index contributed by atoms with van der Waals surface area (Å²) in [6, 6.07) is 6.48. The summed E-state index contributed by atoms with van der Waals surface area (Å²) in [5, 5.41) is 4.88. The zero-order chi connectivity index (χ0) is 8.48. The van der Waals surface area contributed by atoms with Gasteiger partial charge in [0.25, 0.3) is 0 Å². The van der Waals surface area contributed by atoms with E-state index in [4.69, 9.17) is 5.14 Å². The van der Waals surface area contributed by atoms with Crippen LogP contribution in [0.5, 0.6) is 0 Å². The van der Waals surface area contributed by atoms with E-state index in [9.17, 15) is 8.42 Å². The molecule has 1 rings (SSSR count). The van der Waals surface area contributed by atoms with Crippen LogP contribution in [0.25, 0.3) is 0 Å². The van der Waals surface area contributed by atoms with E-state index < -0.39 is 10.0 Å². The molecule has 1 aromatic carbocycles. The van der Waals surface area contributed by atoms with Gasteiger partial charge in [0, 0.05) is 0 Å². The molecule has 3 nitrogen and oxygen atoms in total. The fourth-order valence-corrected chi connectivity index (χ4v) is 1.58. The van der Waals surface area contributed by atoms with Crippen molar-refractivity contribution in [3.8, 4) is 0 Å². The van der Waals surface area contributed by atoms with Crippen molar-refractivity contribution in [3.05, 3.63) is 24.3 Å². The summed E-state index contributed by atoms with van der Waals surface area (Å²) < 4.78 is 22.5. The molecule has 0 fully saturated rings. The first kappa shape index (κ1) is 8.78. The Bertz CT molecular complexity index is 343. The van der Waals surface area contributed by atoms with Crippen LogP contribution in [0.2, 0.25) is 0 Å². The summed E-state index contributed by atoms with van der Waals surface area (Å²) in [6.45, 7) is 0. The molecule has 11 heavy (non-hydrogen) atoms. The van der Waals surface area contributed by atoms with Crippen molar-refractivity contribution in [2.45, 2.75) is 4.90 Å². The van der Waals surface area contributed by atoms with Crippen LogP contribution in [-0.4, -0.2) is 25.3 Å². The van der Waals surface area contributed by atoms with Gasteiger partial charge >= 0.3 is 73.9 Å². The molecule has 0 bridgehead atoms. The molecule has 0 heterocycles. The number of rotatable bonds is 1. The third-order valence-electron chi connectivity index (χ3n) is 1.21. The first-order valence-corrected chi connectivity index (χ1v) is 5.64. The van der Waals surface area contributed by atoms with Crippen LogP contribution in [0.3, 0.4) is 0 Å². The molecule has 0 aliphatic rings. The van der Waals surface area contributed by atoms with Gasteiger partial charge in [0.2, 0.25) is 0 Å². The summed E-state index contributed by atoms with van der Waals surface area (Å²) >= 11 is 1.45. The molecule has 0 spiro atoms. The Kier molecular flexibility index (Phi) is 2.37. The van der Waals surface area contributed by atoms with Crippen molar-refractivity contribution in [1.82, 2.24) is 0 Å². The number of nitrogens with two attached hydrogens (primary N) is 1. The Labute approximate surface area is 74.2 Å². The second kappa shape index (κ2) is 2.97. The van der Waals surface area contributed by atoms with Crippen LogP contribution in [0, 0.1) is 0 Å². The van der Waals surface area contributed by atoms with Gasteiger partial charge in [-0.2, -0.15) is 0 Å². The predicted octanol–water partition coefficient (Wildman–Crippen LogP) is -1.41. The zero-order valence-corrected chi connectivity index (χ0v) is 8.93. The maximum absolute atomic E-state index is 10.7. The molecular formula is C6H8AsNO2S. The van der Waals surface area contributed by atoms with E-state index in [1.807, 2.05) is 0 Å². The van der Waals surface area contributed by atoms with Gasteiger partial charge in [-0.3, -0.25) is 0 Å². The molecule has 0 radical (unpaired) electrons.